The zero-order chi connectivity index (χ0) is 12.8. The van der Waals surface area contributed by atoms with Crippen LogP contribution in [0.4, 0.5) is 0 Å². The Bertz CT molecular complexity index is 378. The highest BCUT2D eigenvalue weighted by molar-refractivity contribution is 14.1. The van der Waals surface area contributed by atoms with Crippen LogP contribution in [-0.4, -0.2) is 39.5 Å². The van der Waals surface area contributed by atoms with E-state index in [2.05, 4.69) is 47.7 Å². The predicted octanol–water partition coefficient (Wildman–Crippen LogP) is 1.28. The maximum Gasteiger partial charge on any atom is 0.122 e. The molecule has 0 spiro atoms. The van der Waals surface area contributed by atoms with E-state index in [0.29, 0.717) is 0 Å². The summed E-state index contributed by atoms with van der Waals surface area (Å²) in [6.45, 7) is 8.20. The molecule has 0 aromatic heterocycles. The van der Waals surface area contributed by atoms with Crippen LogP contribution in [0, 0.1) is 10.5 Å². The molecule has 2 rings (SSSR count). The fourth-order valence-corrected chi connectivity index (χ4v) is 2.84. The van der Waals surface area contributed by atoms with Gasteiger partial charge in [0.05, 0.1) is 26.4 Å². The maximum absolute atomic E-state index is 5.83. The van der Waals surface area contributed by atoms with Crippen LogP contribution in [0.2, 0.25) is 0 Å². The SMILES string of the molecule is Cc1cc(I)ccc1OCCC[NH+]1CCOCC1. The molecule has 0 amide bonds. The first-order valence-corrected chi connectivity index (χ1v) is 7.64. The largest absolute Gasteiger partial charge is 0.493 e. The Balaban J connectivity index is 1.68. The molecule has 0 unspecified atom stereocenters. The molecule has 0 saturated carbocycles. The van der Waals surface area contributed by atoms with E-state index in [9.17, 15) is 0 Å². The average molecular weight is 362 g/mol. The summed E-state index contributed by atoms with van der Waals surface area (Å²) in [4.78, 5) is 1.64. The molecule has 1 aromatic carbocycles. The van der Waals surface area contributed by atoms with Crippen molar-refractivity contribution in [1.82, 2.24) is 0 Å². The van der Waals surface area contributed by atoms with Gasteiger partial charge in [-0.25, -0.2) is 0 Å². The van der Waals surface area contributed by atoms with Crippen LogP contribution in [0.15, 0.2) is 18.2 Å². The summed E-state index contributed by atoms with van der Waals surface area (Å²) in [5.74, 6) is 1.02. The Morgan fingerprint density at radius 1 is 1.33 bits per heavy atom. The van der Waals surface area contributed by atoms with Gasteiger partial charge in [-0.3, -0.25) is 0 Å². The van der Waals surface area contributed by atoms with Gasteiger partial charge in [-0.15, -0.1) is 0 Å². The second-order valence-corrected chi connectivity index (χ2v) is 5.97. The van der Waals surface area contributed by atoms with Crippen LogP contribution in [0.3, 0.4) is 0 Å². The molecule has 0 atom stereocenters. The topological polar surface area (TPSA) is 22.9 Å². The van der Waals surface area contributed by atoms with Gasteiger partial charge in [0.1, 0.15) is 18.8 Å². The Morgan fingerprint density at radius 2 is 2.11 bits per heavy atom. The number of benzene rings is 1. The molecule has 4 heteroatoms. The van der Waals surface area contributed by atoms with Crippen molar-refractivity contribution in [2.75, 3.05) is 39.5 Å². The van der Waals surface area contributed by atoms with Gasteiger partial charge in [0, 0.05) is 9.99 Å². The molecule has 3 nitrogen and oxygen atoms in total. The number of hydrogen-bond donors (Lipinski definition) is 1. The number of halogens is 1. The Kier molecular flexibility index (Phi) is 5.72. The van der Waals surface area contributed by atoms with Gasteiger partial charge >= 0.3 is 0 Å². The normalized spacial score (nSPS) is 16.8. The van der Waals surface area contributed by atoms with E-state index in [4.69, 9.17) is 9.47 Å². The first-order chi connectivity index (χ1) is 8.75. The number of quaternary nitrogens is 1. The van der Waals surface area contributed by atoms with E-state index >= 15 is 0 Å². The third kappa shape index (κ3) is 4.40. The van der Waals surface area contributed by atoms with Gasteiger partial charge in [0.25, 0.3) is 0 Å². The number of aryl methyl sites for hydroxylation is 1. The average Bonchev–Trinajstić information content (AvgIpc) is 2.38. The molecule has 100 valence electrons. The molecule has 0 aliphatic carbocycles. The Morgan fingerprint density at radius 3 is 2.83 bits per heavy atom. The first kappa shape index (κ1) is 14.1. The summed E-state index contributed by atoms with van der Waals surface area (Å²) in [5.41, 5.74) is 1.22. The summed E-state index contributed by atoms with van der Waals surface area (Å²) >= 11 is 2.33. The Hall–Kier alpha value is -0.330. The quantitative estimate of drug-likeness (QED) is 0.630. The summed E-state index contributed by atoms with van der Waals surface area (Å²) in [6.07, 6.45) is 1.11. The van der Waals surface area contributed by atoms with Gasteiger partial charge in [0.15, 0.2) is 0 Å². The minimum absolute atomic E-state index is 0.811. The maximum atomic E-state index is 5.83. The van der Waals surface area contributed by atoms with E-state index in [0.717, 1.165) is 45.1 Å². The predicted molar refractivity (Wildman–Crippen MR) is 80.4 cm³/mol. The van der Waals surface area contributed by atoms with E-state index in [1.165, 1.54) is 15.7 Å². The van der Waals surface area contributed by atoms with Gasteiger partial charge in [-0.05, 0) is 53.3 Å². The monoisotopic (exact) mass is 362 g/mol. The highest BCUT2D eigenvalue weighted by Gasteiger charge is 2.12. The second-order valence-electron chi connectivity index (χ2n) is 4.72. The van der Waals surface area contributed by atoms with Crippen molar-refractivity contribution >= 4 is 22.6 Å². The van der Waals surface area contributed by atoms with Gasteiger partial charge < -0.3 is 14.4 Å². The summed E-state index contributed by atoms with van der Waals surface area (Å²) in [6, 6.07) is 6.32. The van der Waals surface area contributed by atoms with Crippen LogP contribution in [-0.2, 0) is 4.74 Å². The molecule has 1 aliphatic heterocycles. The number of rotatable bonds is 5. The zero-order valence-electron chi connectivity index (χ0n) is 10.9. The summed E-state index contributed by atoms with van der Waals surface area (Å²) < 4.78 is 12.4. The van der Waals surface area contributed by atoms with Crippen LogP contribution in [0.25, 0.3) is 0 Å². The smallest absolute Gasteiger partial charge is 0.122 e. The van der Waals surface area contributed by atoms with E-state index < -0.39 is 0 Å². The standard InChI is InChI=1S/C14H20INO2/c1-12-11-13(15)3-4-14(12)18-8-2-5-16-6-9-17-10-7-16/h3-4,11H,2,5-10H2,1H3/p+1. The molecule has 1 aromatic rings. The summed E-state index contributed by atoms with van der Waals surface area (Å²) in [5, 5.41) is 0. The highest BCUT2D eigenvalue weighted by Crippen LogP contribution is 2.19. The third-order valence-electron chi connectivity index (χ3n) is 3.27. The molecular formula is C14H21INO2+. The van der Waals surface area contributed by atoms with E-state index in [1.807, 2.05) is 0 Å². The summed E-state index contributed by atoms with van der Waals surface area (Å²) in [7, 11) is 0. The molecule has 1 heterocycles. The van der Waals surface area contributed by atoms with Crippen molar-refractivity contribution in [2.45, 2.75) is 13.3 Å². The fraction of sp³-hybridized carbons (Fsp3) is 0.571. The number of hydrogen-bond acceptors (Lipinski definition) is 2. The van der Waals surface area contributed by atoms with Crippen LogP contribution >= 0.6 is 22.6 Å². The van der Waals surface area contributed by atoms with E-state index in [-0.39, 0.29) is 0 Å². The highest BCUT2D eigenvalue weighted by atomic mass is 127. The third-order valence-corrected chi connectivity index (χ3v) is 3.94. The molecular weight excluding hydrogens is 341 g/mol. The number of nitrogens with one attached hydrogen (secondary N) is 1. The number of ether oxygens (including phenoxy) is 2. The van der Waals surface area contributed by atoms with Crippen molar-refractivity contribution in [1.29, 1.82) is 0 Å². The minimum Gasteiger partial charge on any atom is -0.493 e. The molecule has 18 heavy (non-hydrogen) atoms. The second kappa shape index (κ2) is 7.31. The fourth-order valence-electron chi connectivity index (χ4n) is 2.19. The molecule has 1 N–H and O–H groups in total. The van der Waals surface area contributed by atoms with Crippen molar-refractivity contribution in [3.05, 3.63) is 27.3 Å². The van der Waals surface area contributed by atoms with Gasteiger partial charge in [-0.2, -0.15) is 0 Å². The van der Waals surface area contributed by atoms with Crippen LogP contribution in [0.5, 0.6) is 5.75 Å². The molecule has 0 radical (unpaired) electrons. The lowest BCUT2D eigenvalue weighted by atomic mass is 10.2. The first-order valence-electron chi connectivity index (χ1n) is 6.56. The molecule has 1 saturated heterocycles. The van der Waals surface area contributed by atoms with E-state index in [1.54, 1.807) is 4.90 Å². The van der Waals surface area contributed by atoms with Crippen molar-refractivity contribution in [2.24, 2.45) is 0 Å². The molecule has 0 bridgehead atoms. The van der Waals surface area contributed by atoms with Crippen molar-refractivity contribution < 1.29 is 14.4 Å². The van der Waals surface area contributed by atoms with Crippen molar-refractivity contribution in [3.8, 4) is 5.75 Å². The van der Waals surface area contributed by atoms with Crippen LogP contribution in [0.1, 0.15) is 12.0 Å². The number of morpholine rings is 1. The van der Waals surface area contributed by atoms with Crippen LogP contribution < -0.4 is 9.64 Å². The van der Waals surface area contributed by atoms with Gasteiger partial charge in [-0.1, -0.05) is 0 Å². The lowest BCUT2D eigenvalue weighted by Gasteiger charge is -2.23. The Labute approximate surface area is 123 Å². The molecule has 1 aliphatic rings. The lowest BCUT2D eigenvalue weighted by Crippen LogP contribution is -3.14. The minimum atomic E-state index is 0.811. The zero-order valence-corrected chi connectivity index (χ0v) is 13.0. The lowest BCUT2D eigenvalue weighted by molar-refractivity contribution is -0.908. The van der Waals surface area contributed by atoms with Gasteiger partial charge in [0.2, 0.25) is 0 Å². The molecule has 1 fully saturated rings. The van der Waals surface area contributed by atoms with Crippen molar-refractivity contribution in [3.63, 3.8) is 0 Å².